The van der Waals surface area contributed by atoms with Crippen molar-refractivity contribution in [3.8, 4) is 11.9 Å². The molecule has 1 aromatic carbocycles. The Hall–Kier alpha value is -3.09. The van der Waals surface area contributed by atoms with Crippen molar-refractivity contribution in [2.24, 2.45) is 0 Å². The number of para-hydroxylation sites is 1. The Morgan fingerprint density at radius 3 is 2.78 bits per heavy atom. The maximum Gasteiger partial charge on any atom is 0.251 e. The number of fused-ring (bicyclic) bond motifs is 1. The Morgan fingerprint density at radius 2 is 1.93 bits per heavy atom. The molecule has 3 heterocycles. The van der Waals surface area contributed by atoms with Gasteiger partial charge in [-0.15, -0.1) is 0 Å². The number of sulfonamides is 1. The van der Waals surface area contributed by atoms with E-state index in [1.54, 1.807) is 24.4 Å². The van der Waals surface area contributed by atoms with E-state index in [1.165, 1.54) is 16.7 Å². The molecule has 0 N–H and O–H groups in total. The summed E-state index contributed by atoms with van der Waals surface area (Å²) in [6, 6.07) is 10.6. The van der Waals surface area contributed by atoms with Crippen molar-refractivity contribution >= 4 is 20.9 Å². The fourth-order valence-corrected chi connectivity index (χ4v) is 4.73. The lowest BCUT2D eigenvalue weighted by Crippen LogP contribution is -2.31. The van der Waals surface area contributed by atoms with Gasteiger partial charge in [0.2, 0.25) is 15.7 Å². The van der Waals surface area contributed by atoms with Crippen LogP contribution in [-0.2, 0) is 10.0 Å². The lowest BCUT2D eigenvalue weighted by molar-refractivity contribution is 0.205. The van der Waals surface area contributed by atoms with E-state index < -0.39 is 16.1 Å². The van der Waals surface area contributed by atoms with Gasteiger partial charge in [0, 0.05) is 30.5 Å². The predicted octanol–water partition coefficient (Wildman–Crippen LogP) is 1.74. The van der Waals surface area contributed by atoms with Crippen LogP contribution in [0.3, 0.4) is 0 Å². The smallest absolute Gasteiger partial charge is 0.251 e. The summed E-state index contributed by atoms with van der Waals surface area (Å²) in [7, 11) is -3.72. The molecule has 0 spiro atoms. The topological polar surface area (TPSA) is 109 Å². The number of nitrogens with zero attached hydrogens (tertiary/aromatic N) is 5. The van der Waals surface area contributed by atoms with Crippen LogP contribution >= 0.6 is 0 Å². The van der Waals surface area contributed by atoms with E-state index in [9.17, 15) is 8.42 Å². The predicted molar refractivity (Wildman–Crippen MR) is 96.3 cm³/mol. The number of pyridine rings is 1. The van der Waals surface area contributed by atoms with Gasteiger partial charge in [0.25, 0.3) is 5.88 Å². The average Bonchev–Trinajstić information content (AvgIpc) is 3.17. The van der Waals surface area contributed by atoms with Crippen LogP contribution in [0.25, 0.3) is 10.9 Å². The van der Waals surface area contributed by atoms with E-state index >= 15 is 0 Å². The number of aromatic nitrogens is 3. The van der Waals surface area contributed by atoms with Crippen molar-refractivity contribution in [1.82, 2.24) is 19.3 Å². The maximum atomic E-state index is 13.1. The summed E-state index contributed by atoms with van der Waals surface area (Å²) in [4.78, 5) is 12.3. The van der Waals surface area contributed by atoms with E-state index in [1.807, 2.05) is 18.2 Å². The largest absolute Gasteiger partial charge is 0.471 e. The Bertz CT molecular complexity index is 1140. The van der Waals surface area contributed by atoms with E-state index in [0.717, 1.165) is 5.39 Å². The molecule has 1 aliphatic rings. The van der Waals surface area contributed by atoms with Crippen molar-refractivity contribution < 1.29 is 13.2 Å². The van der Waals surface area contributed by atoms with Crippen LogP contribution in [0, 0.1) is 11.3 Å². The zero-order valence-corrected chi connectivity index (χ0v) is 15.0. The van der Waals surface area contributed by atoms with Crippen LogP contribution in [0.15, 0.2) is 53.8 Å². The number of rotatable bonds is 4. The summed E-state index contributed by atoms with van der Waals surface area (Å²) in [5.74, 6) is 0.121. The average molecular weight is 381 g/mol. The fourth-order valence-electron chi connectivity index (χ4n) is 3.08. The molecule has 0 amide bonds. The van der Waals surface area contributed by atoms with Crippen molar-refractivity contribution in [3.05, 3.63) is 54.6 Å². The molecule has 1 atom stereocenters. The zero-order chi connectivity index (χ0) is 18.9. The van der Waals surface area contributed by atoms with Gasteiger partial charge in [-0.25, -0.2) is 18.4 Å². The summed E-state index contributed by atoms with van der Waals surface area (Å²) >= 11 is 0. The number of benzene rings is 1. The highest BCUT2D eigenvalue weighted by molar-refractivity contribution is 7.89. The normalized spacial score (nSPS) is 17.7. The first-order valence-electron chi connectivity index (χ1n) is 8.31. The summed E-state index contributed by atoms with van der Waals surface area (Å²) in [5.41, 5.74) is 0.530. The number of hydrogen-bond acceptors (Lipinski definition) is 7. The van der Waals surface area contributed by atoms with Gasteiger partial charge in [-0.2, -0.15) is 9.57 Å². The van der Waals surface area contributed by atoms with Crippen LogP contribution in [0.4, 0.5) is 0 Å². The van der Waals surface area contributed by atoms with Gasteiger partial charge in [0.05, 0.1) is 12.1 Å². The molecule has 9 heteroatoms. The molecule has 1 fully saturated rings. The monoisotopic (exact) mass is 381 g/mol. The van der Waals surface area contributed by atoms with Crippen LogP contribution in [-0.4, -0.2) is 46.9 Å². The van der Waals surface area contributed by atoms with Gasteiger partial charge < -0.3 is 4.74 Å². The minimum atomic E-state index is -3.72. The Labute approximate surface area is 156 Å². The molecule has 8 nitrogen and oxygen atoms in total. The molecule has 3 aromatic rings. The summed E-state index contributed by atoms with van der Waals surface area (Å²) < 4.78 is 33.3. The molecular formula is C18H15N5O3S. The molecule has 0 bridgehead atoms. The molecule has 0 unspecified atom stereocenters. The molecule has 27 heavy (non-hydrogen) atoms. The molecular weight excluding hydrogens is 366 g/mol. The van der Waals surface area contributed by atoms with E-state index in [2.05, 4.69) is 15.0 Å². The van der Waals surface area contributed by atoms with Gasteiger partial charge >= 0.3 is 0 Å². The third-order valence-electron chi connectivity index (χ3n) is 4.37. The van der Waals surface area contributed by atoms with Crippen LogP contribution in [0.5, 0.6) is 5.88 Å². The van der Waals surface area contributed by atoms with Crippen molar-refractivity contribution in [2.75, 3.05) is 13.1 Å². The number of hydrogen-bond donors (Lipinski definition) is 0. The van der Waals surface area contributed by atoms with Crippen LogP contribution in [0.1, 0.15) is 12.1 Å². The van der Waals surface area contributed by atoms with Gasteiger partial charge in [-0.3, -0.25) is 4.98 Å². The molecule has 0 radical (unpaired) electrons. The minimum Gasteiger partial charge on any atom is -0.471 e. The Morgan fingerprint density at radius 1 is 1.11 bits per heavy atom. The van der Waals surface area contributed by atoms with Crippen molar-refractivity contribution in [2.45, 2.75) is 17.4 Å². The highest BCUT2D eigenvalue weighted by Gasteiger charge is 2.35. The summed E-state index contributed by atoms with van der Waals surface area (Å²) in [6.45, 7) is 0.491. The first kappa shape index (κ1) is 17.3. The zero-order valence-electron chi connectivity index (χ0n) is 14.2. The standard InChI is InChI=1S/C18H15N5O3S/c19-11-15-18(22-9-8-20-15)26-14-6-10-23(12-14)27(24,25)16-5-1-3-13-4-2-7-21-17(13)16/h1-5,7-9,14H,6,10,12H2/t14-/m0/s1. The number of ether oxygens (including phenoxy) is 1. The Kier molecular flexibility index (Phi) is 4.43. The summed E-state index contributed by atoms with van der Waals surface area (Å²) in [5, 5.41) is 9.84. The molecule has 136 valence electrons. The Balaban J connectivity index is 1.58. The molecule has 1 saturated heterocycles. The molecule has 0 aliphatic carbocycles. The molecule has 4 rings (SSSR count). The third kappa shape index (κ3) is 3.20. The second-order valence-electron chi connectivity index (χ2n) is 6.04. The SMILES string of the molecule is N#Cc1nccnc1O[C@H]1CCN(S(=O)(=O)c2cccc3cccnc23)C1. The van der Waals surface area contributed by atoms with Crippen molar-refractivity contribution in [3.63, 3.8) is 0 Å². The highest BCUT2D eigenvalue weighted by atomic mass is 32.2. The first-order chi connectivity index (χ1) is 13.1. The highest BCUT2D eigenvalue weighted by Crippen LogP contribution is 2.28. The third-order valence-corrected chi connectivity index (χ3v) is 6.27. The fraction of sp³-hybridized carbons (Fsp3) is 0.222. The van der Waals surface area contributed by atoms with E-state index in [4.69, 9.17) is 10.00 Å². The van der Waals surface area contributed by atoms with Gasteiger partial charge in [-0.1, -0.05) is 18.2 Å². The second-order valence-corrected chi connectivity index (χ2v) is 7.95. The van der Waals surface area contributed by atoms with Crippen molar-refractivity contribution in [1.29, 1.82) is 5.26 Å². The lowest BCUT2D eigenvalue weighted by atomic mass is 10.2. The van der Waals surface area contributed by atoms with Crippen LogP contribution < -0.4 is 4.74 Å². The quantitative estimate of drug-likeness (QED) is 0.677. The number of nitriles is 1. The first-order valence-corrected chi connectivity index (χ1v) is 9.75. The van der Waals surface area contributed by atoms with Crippen LogP contribution in [0.2, 0.25) is 0 Å². The lowest BCUT2D eigenvalue weighted by Gasteiger charge is -2.18. The van der Waals surface area contributed by atoms with E-state index in [-0.39, 0.29) is 23.0 Å². The van der Waals surface area contributed by atoms with E-state index in [0.29, 0.717) is 18.5 Å². The molecule has 1 aliphatic heterocycles. The molecule has 0 saturated carbocycles. The second kappa shape index (κ2) is 6.90. The minimum absolute atomic E-state index is 0.0806. The summed E-state index contributed by atoms with van der Waals surface area (Å²) in [6.07, 6.45) is 4.52. The molecule has 2 aromatic heterocycles. The van der Waals surface area contributed by atoms with Gasteiger partial charge in [0.15, 0.2) is 0 Å². The van der Waals surface area contributed by atoms with Gasteiger partial charge in [-0.05, 0) is 18.6 Å². The maximum absolute atomic E-state index is 13.1. The van der Waals surface area contributed by atoms with Gasteiger partial charge in [0.1, 0.15) is 17.1 Å².